The van der Waals surface area contributed by atoms with Gasteiger partial charge < -0.3 is 5.32 Å². The van der Waals surface area contributed by atoms with Crippen LogP contribution in [0.2, 0.25) is 0 Å². The van der Waals surface area contributed by atoms with Crippen LogP contribution in [0.5, 0.6) is 0 Å². The van der Waals surface area contributed by atoms with Crippen LogP contribution >= 0.6 is 0 Å². The Bertz CT molecular complexity index is 282. The van der Waals surface area contributed by atoms with Gasteiger partial charge in [0.15, 0.2) is 0 Å². The van der Waals surface area contributed by atoms with E-state index in [9.17, 15) is 0 Å². The van der Waals surface area contributed by atoms with Gasteiger partial charge in [0.1, 0.15) is 0 Å². The average Bonchev–Trinajstić information content (AvgIpc) is 2.15. The molecule has 78 valence electrons. The van der Waals surface area contributed by atoms with E-state index >= 15 is 0 Å². The molecule has 0 bridgehead atoms. The molecule has 0 aliphatic carbocycles. The summed E-state index contributed by atoms with van der Waals surface area (Å²) in [6.45, 7) is 9.40. The van der Waals surface area contributed by atoms with E-state index in [0.717, 1.165) is 12.2 Å². The topological polar surface area (TPSA) is 37.8 Å². The average molecular weight is 193 g/mol. The van der Waals surface area contributed by atoms with Crippen molar-refractivity contribution < 1.29 is 0 Å². The summed E-state index contributed by atoms with van der Waals surface area (Å²) < 4.78 is 0. The maximum Gasteiger partial charge on any atom is 0.0659 e. The highest BCUT2D eigenvalue weighted by Gasteiger charge is 2.03. The number of hydrogen-bond donors (Lipinski definition) is 1. The Kier molecular flexibility index (Phi) is 4.01. The minimum atomic E-state index is 0.446. The van der Waals surface area contributed by atoms with Crippen molar-refractivity contribution in [1.29, 1.82) is 0 Å². The van der Waals surface area contributed by atoms with Crippen LogP contribution in [0.25, 0.3) is 0 Å². The fraction of sp³-hybridized carbons (Fsp3) is 0.636. The van der Waals surface area contributed by atoms with Gasteiger partial charge in [-0.15, -0.1) is 0 Å². The molecular formula is C11H19N3. The Labute approximate surface area is 85.9 Å². The Balaban J connectivity index is 2.64. The van der Waals surface area contributed by atoms with Crippen LogP contribution in [0.3, 0.4) is 0 Å². The van der Waals surface area contributed by atoms with Crippen molar-refractivity contribution in [2.75, 3.05) is 0 Å². The van der Waals surface area contributed by atoms with Gasteiger partial charge in [0.05, 0.1) is 11.9 Å². The lowest BCUT2D eigenvalue weighted by atomic mass is 10.1. The number of rotatable bonds is 4. The van der Waals surface area contributed by atoms with Gasteiger partial charge in [0.2, 0.25) is 0 Å². The number of nitrogens with one attached hydrogen (secondary N) is 1. The summed E-state index contributed by atoms with van der Waals surface area (Å²) in [6, 6.07) is 2.62. The minimum Gasteiger partial charge on any atom is -0.310 e. The van der Waals surface area contributed by atoms with E-state index in [1.54, 1.807) is 0 Å². The molecule has 1 heterocycles. The van der Waals surface area contributed by atoms with Gasteiger partial charge in [0, 0.05) is 12.6 Å². The van der Waals surface area contributed by atoms with Crippen molar-refractivity contribution in [3.63, 3.8) is 0 Å². The van der Waals surface area contributed by atoms with Gasteiger partial charge in [0.25, 0.3) is 0 Å². The number of aromatic nitrogens is 2. The Morgan fingerprint density at radius 3 is 2.57 bits per heavy atom. The van der Waals surface area contributed by atoms with Crippen molar-refractivity contribution >= 4 is 0 Å². The molecule has 0 amide bonds. The molecule has 0 spiro atoms. The Morgan fingerprint density at radius 2 is 2.00 bits per heavy atom. The highest BCUT2D eigenvalue weighted by Crippen LogP contribution is 2.11. The third kappa shape index (κ3) is 3.42. The summed E-state index contributed by atoms with van der Waals surface area (Å²) >= 11 is 0. The van der Waals surface area contributed by atoms with E-state index in [1.807, 2.05) is 6.20 Å². The fourth-order valence-electron chi connectivity index (χ4n) is 1.13. The first-order valence-electron chi connectivity index (χ1n) is 5.14. The van der Waals surface area contributed by atoms with Crippen LogP contribution in [-0.4, -0.2) is 16.2 Å². The molecule has 0 aliphatic heterocycles. The third-order valence-corrected chi connectivity index (χ3v) is 2.04. The number of hydrogen-bond acceptors (Lipinski definition) is 3. The second-order valence-corrected chi connectivity index (χ2v) is 4.18. The van der Waals surface area contributed by atoms with Crippen LogP contribution in [0, 0.1) is 0 Å². The predicted octanol–water partition coefficient (Wildman–Crippen LogP) is 2.10. The van der Waals surface area contributed by atoms with Crippen LogP contribution in [0.4, 0.5) is 0 Å². The van der Waals surface area contributed by atoms with E-state index in [1.165, 1.54) is 5.56 Å². The van der Waals surface area contributed by atoms with Crippen molar-refractivity contribution in [2.24, 2.45) is 0 Å². The molecule has 0 atom stereocenters. The normalized spacial score (nSPS) is 11.3. The molecule has 0 unspecified atom stereocenters. The third-order valence-electron chi connectivity index (χ3n) is 2.04. The quantitative estimate of drug-likeness (QED) is 0.795. The maximum atomic E-state index is 4.09. The standard InChI is InChI=1S/C11H19N3/c1-8(2)11-5-10(7-13-14-11)6-12-9(3)4/h5,7-9,12H,6H2,1-4H3. The van der Waals surface area contributed by atoms with Gasteiger partial charge in [-0.25, -0.2) is 0 Å². The Hall–Kier alpha value is -0.960. The summed E-state index contributed by atoms with van der Waals surface area (Å²) in [5.41, 5.74) is 2.27. The highest BCUT2D eigenvalue weighted by molar-refractivity contribution is 5.14. The first-order chi connectivity index (χ1) is 6.59. The molecule has 0 radical (unpaired) electrons. The van der Waals surface area contributed by atoms with Crippen LogP contribution in [0.1, 0.15) is 44.9 Å². The zero-order chi connectivity index (χ0) is 10.6. The molecule has 3 heteroatoms. The molecule has 0 fully saturated rings. The SMILES string of the molecule is CC(C)NCc1cnnc(C(C)C)c1. The zero-order valence-corrected chi connectivity index (χ0v) is 9.41. The maximum absolute atomic E-state index is 4.09. The van der Waals surface area contributed by atoms with E-state index in [4.69, 9.17) is 0 Å². The summed E-state index contributed by atoms with van der Waals surface area (Å²) in [5.74, 6) is 0.446. The number of nitrogens with zero attached hydrogens (tertiary/aromatic N) is 2. The summed E-state index contributed by atoms with van der Waals surface area (Å²) in [5, 5.41) is 11.4. The van der Waals surface area contributed by atoms with E-state index in [-0.39, 0.29) is 0 Å². The van der Waals surface area contributed by atoms with Crippen molar-refractivity contribution in [1.82, 2.24) is 15.5 Å². The highest BCUT2D eigenvalue weighted by atomic mass is 15.1. The van der Waals surface area contributed by atoms with E-state index < -0.39 is 0 Å². The molecule has 0 saturated heterocycles. The summed E-state index contributed by atoms with van der Waals surface area (Å²) in [7, 11) is 0. The van der Waals surface area contributed by atoms with Crippen molar-refractivity contribution in [2.45, 2.75) is 46.2 Å². The molecule has 0 aromatic carbocycles. The molecule has 1 aromatic rings. The molecule has 0 aliphatic rings. The lowest BCUT2D eigenvalue weighted by Crippen LogP contribution is -2.22. The molecule has 3 nitrogen and oxygen atoms in total. The molecule has 1 N–H and O–H groups in total. The van der Waals surface area contributed by atoms with Crippen molar-refractivity contribution in [3.8, 4) is 0 Å². The first-order valence-corrected chi connectivity index (χ1v) is 5.14. The monoisotopic (exact) mass is 193 g/mol. The molecular weight excluding hydrogens is 174 g/mol. The van der Waals surface area contributed by atoms with Gasteiger partial charge in [-0.05, 0) is 17.5 Å². The van der Waals surface area contributed by atoms with Gasteiger partial charge in [-0.1, -0.05) is 27.7 Å². The zero-order valence-electron chi connectivity index (χ0n) is 9.41. The smallest absolute Gasteiger partial charge is 0.0659 e. The summed E-state index contributed by atoms with van der Waals surface area (Å²) in [4.78, 5) is 0. The molecule has 0 saturated carbocycles. The molecule has 1 rings (SSSR count). The lowest BCUT2D eigenvalue weighted by Gasteiger charge is -2.09. The van der Waals surface area contributed by atoms with Gasteiger partial charge in [-0.3, -0.25) is 0 Å². The van der Waals surface area contributed by atoms with E-state index in [2.05, 4.69) is 49.3 Å². The van der Waals surface area contributed by atoms with Crippen LogP contribution in [-0.2, 0) is 6.54 Å². The van der Waals surface area contributed by atoms with Gasteiger partial charge >= 0.3 is 0 Å². The van der Waals surface area contributed by atoms with Crippen LogP contribution < -0.4 is 5.32 Å². The molecule has 14 heavy (non-hydrogen) atoms. The lowest BCUT2D eigenvalue weighted by molar-refractivity contribution is 0.585. The second kappa shape index (κ2) is 5.05. The molecule has 1 aromatic heterocycles. The van der Waals surface area contributed by atoms with E-state index in [0.29, 0.717) is 12.0 Å². The first kappa shape index (κ1) is 11.1. The Morgan fingerprint density at radius 1 is 1.29 bits per heavy atom. The fourth-order valence-corrected chi connectivity index (χ4v) is 1.13. The second-order valence-electron chi connectivity index (χ2n) is 4.18. The van der Waals surface area contributed by atoms with Gasteiger partial charge in [-0.2, -0.15) is 10.2 Å². The van der Waals surface area contributed by atoms with Crippen molar-refractivity contribution in [3.05, 3.63) is 23.5 Å². The summed E-state index contributed by atoms with van der Waals surface area (Å²) in [6.07, 6.45) is 1.82. The minimum absolute atomic E-state index is 0.446. The predicted molar refractivity (Wildman–Crippen MR) is 58.1 cm³/mol. The largest absolute Gasteiger partial charge is 0.310 e. The van der Waals surface area contributed by atoms with Crippen LogP contribution in [0.15, 0.2) is 12.3 Å².